The fourth-order valence-electron chi connectivity index (χ4n) is 3.81. The van der Waals surface area contributed by atoms with Gasteiger partial charge in [-0.15, -0.1) is 0 Å². The molecule has 0 bridgehead atoms. The molecule has 1 N–H and O–H groups in total. The number of aromatic nitrogens is 1. The standard InChI is InChI=1S/C27H23ClN2O6/c1-34-18-8-10-23-20(12-18)27(33)21(26(32)16-4-6-17(28)7-5-16)14-30(23)15-25(31)29-22-13-19(35-2)9-11-24(22)36-3/h4-14H,15H2,1-3H3,(H,29,31). The van der Waals surface area contributed by atoms with Gasteiger partial charge in [0.1, 0.15) is 23.8 Å². The zero-order valence-corrected chi connectivity index (χ0v) is 20.6. The number of hydrogen-bond donors (Lipinski definition) is 1. The van der Waals surface area contributed by atoms with Gasteiger partial charge < -0.3 is 24.1 Å². The van der Waals surface area contributed by atoms with E-state index in [0.29, 0.717) is 39.0 Å². The van der Waals surface area contributed by atoms with Crippen LogP contribution in [0.4, 0.5) is 5.69 Å². The minimum absolute atomic E-state index is 0.0789. The summed E-state index contributed by atoms with van der Waals surface area (Å²) in [5.41, 5.74) is 0.656. The van der Waals surface area contributed by atoms with Crippen molar-refractivity contribution in [1.29, 1.82) is 0 Å². The highest BCUT2D eigenvalue weighted by Crippen LogP contribution is 2.29. The molecule has 36 heavy (non-hydrogen) atoms. The minimum Gasteiger partial charge on any atom is -0.497 e. The van der Waals surface area contributed by atoms with Crippen molar-refractivity contribution < 1.29 is 23.8 Å². The van der Waals surface area contributed by atoms with E-state index in [1.807, 2.05) is 0 Å². The first-order valence-electron chi connectivity index (χ1n) is 10.9. The van der Waals surface area contributed by atoms with Gasteiger partial charge in [-0.2, -0.15) is 0 Å². The van der Waals surface area contributed by atoms with Crippen LogP contribution < -0.4 is 25.0 Å². The molecule has 3 aromatic carbocycles. The minimum atomic E-state index is -0.481. The lowest BCUT2D eigenvalue weighted by molar-refractivity contribution is -0.116. The van der Waals surface area contributed by atoms with Crippen LogP contribution in [0.1, 0.15) is 15.9 Å². The Balaban J connectivity index is 1.77. The van der Waals surface area contributed by atoms with Crippen molar-refractivity contribution in [3.05, 3.63) is 93.2 Å². The first-order chi connectivity index (χ1) is 17.3. The number of benzene rings is 3. The van der Waals surface area contributed by atoms with Crippen LogP contribution in [-0.4, -0.2) is 37.6 Å². The quantitative estimate of drug-likeness (QED) is 0.352. The number of fused-ring (bicyclic) bond motifs is 1. The summed E-state index contributed by atoms with van der Waals surface area (Å²) in [4.78, 5) is 39.6. The SMILES string of the molecule is COc1ccc(OC)c(NC(=O)Cn2cc(C(=O)c3ccc(Cl)cc3)c(=O)c3cc(OC)ccc32)c1. The predicted octanol–water partition coefficient (Wildman–Crippen LogP) is 4.55. The molecular weight excluding hydrogens is 484 g/mol. The summed E-state index contributed by atoms with van der Waals surface area (Å²) in [6, 6.07) is 16.2. The van der Waals surface area contributed by atoms with E-state index in [-0.39, 0.29) is 17.5 Å². The Bertz CT molecular complexity index is 1510. The second-order valence-corrected chi connectivity index (χ2v) is 8.27. The molecule has 0 saturated heterocycles. The maximum Gasteiger partial charge on any atom is 0.244 e. The second-order valence-electron chi connectivity index (χ2n) is 7.83. The molecular formula is C27H23ClN2O6. The van der Waals surface area contributed by atoms with Gasteiger partial charge in [0.15, 0.2) is 5.78 Å². The Morgan fingerprint density at radius 1 is 0.889 bits per heavy atom. The number of halogens is 1. The van der Waals surface area contributed by atoms with E-state index in [1.54, 1.807) is 65.2 Å². The molecule has 184 valence electrons. The number of carbonyl (C=O) groups excluding carboxylic acids is 2. The third-order valence-corrected chi connectivity index (χ3v) is 5.89. The van der Waals surface area contributed by atoms with Crippen LogP contribution in [0.15, 0.2) is 71.7 Å². The molecule has 4 aromatic rings. The van der Waals surface area contributed by atoms with Crippen molar-refractivity contribution >= 4 is 39.9 Å². The average Bonchev–Trinajstić information content (AvgIpc) is 2.89. The fourth-order valence-corrected chi connectivity index (χ4v) is 3.94. The number of ether oxygens (including phenoxy) is 3. The number of anilines is 1. The second kappa shape index (κ2) is 10.5. The molecule has 1 heterocycles. The van der Waals surface area contributed by atoms with Gasteiger partial charge in [-0.05, 0) is 54.6 Å². The summed E-state index contributed by atoms with van der Waals surface area (Å²) in [7, 11) is 4.50. The number of rotatable bonds is 8. The molecule has 0 aliphatic heterocycles. The number of methoxy groups -OCH3 is 3. The van der Waals surface area contributed by atoms with Crippen LogP contribution >= 0.6 is 11.6 Å². The lowest BCUT2D eigenvalue weighted by atomic mass is 10.0. The van der Waals surface area contributed by atoms with Gasteiger partial charge >= 0.3 is 0 Å². The van der Waals surface area contributed by atoms with Crippen LogP contribution in [-0.2, 0) is 11.3 Å². The molecule has 0 aliphatic carbocycles. The normalized spacial score (nSPS) is 10.7. The average molecular weight is 507 g/mol. The molecule has 0 saturated carbocycles. The van der Waals surface area contributed by atoms with E-state index in [0.717, 1.165) is 0 Å². The van der Waals surface area contributed by atoms with E-state index in [9.17, 15) is 14.4 Å². The first kappa shape index (κ1) is 24.8. The summed E-state index contributed by atoms with van der Waals surface area (Å²) >= 11 is 5.94. The van der Waals surface area contributed by atoms with Crippen molar-refractivity contribution in [2.45, 2.75) is 6.54 Å². The van der Waals surface area contributed by atoms with E-state index in [4.69, 9.17) is 25.8 Å². The van der Waals surface area contributed by atoms with Gasteiger partial charge in [-0.3, -0.25) is 14.4 Å². The highest BCUT2D eigenvalue weighted by Gasteiger charge is 2.19. The molecule has 0 unspecified atom stereocenters. The number of amides is 1. The predicted molar refractivity (Wildman–Crippen MR) is 138 cm³/mol. The molecule has 1 amide bonds. The third-order valence-electron chi connectivity index (χ3n) is 5.63. The van der Waals surface area contributed by atoms with Crippen LogP contribution in [0, 0.1) is 0 Å². The number of ketones is 1. The highest BCUT2D eigenvalue weighted by atomic mass is 35.5. The zero-order chi connectivity index (χ0) is 25.8. The van der Waals surface area contributed by atoms with Crippen LogP contribution in [0.25, 0.3) is 10.9 Å². The van der Waals surface area contributed by atoms with Crippen molar-refractivity contribution in [2.75, 3.05) is 26.6 Å². The van der Waals surface area contributed by atoms with Gasteiger partial charge in [0.2, 0.25) is 11.3 Å². The molecule has 0 spiro atoms. The van der Waals surface area contributed by atoms with Crippen molar-refractivity contribution in [3.63, 3.8) is 0 Å². The first-order valence-corrected chi connectivity index (χ1v) is 11.3. The molecule has 8 nitrogen and oxygen atoms in total. The molecule has 1 aromatic heterocycles. The lowest BCUT2D eigenvalue weighted by Crippen LogP contribution is -2.24. The maximum absolute atomic E-state index is 13.3. The van der Waals surface area contributed by atoms with E-state index < -0.39 is 17.1 Å². The summed E-state index contributed by atoms with van der Waals surface area (Å²) < 4.78 is 17.4. The Labute approximate surface area is 212 Å². The lowest BCUT2D eigenvalue weighted by Gasteiger charge is -2.15. The van der Waals surface area contributed by atoms with Gasteiger partial charge in [-0.25, -0.2) is 0 Å². The van der Waals surface area contributed by atoms with Crippen molar-refractivity contribution in [1.82, 2.24) is 4.57 Å². The Hall–Kier alpha value is -4.30. The number of carbonyl (C=O) groups is 2. The Morgan fingerprint density at radius 3 is 2.22 bits per heavy atom. The van der Waals surface area contributed by atoms with E-state index in [1.165, 1.54) is 27.5 Å². The molecule has 0 fully saturated rings. The molecule has 0 radical (unpaired) electrons. The summed E-state index contributed by atoms with van der Waals surface area (Å²) in [5, 5.41) is 3.53. The van der Waals surface area contributed by atoms with Crippen LogP contribution in [0.3, 0.4) is 0 Å². The van der Waals surface area contributed by atoms with Gasteiger partial charge in [0, 0.05) is 22.8 Å². The number of hydrogen-bond acceptors (Lipinski definition) is 6. The van der Waals surface area contributed by atoms with E-state index in [2.05, 4.69) is 5.32 Å². The van der Waals surface area contributed by atoms with Gasteiger partial charge in [0.05, 0.1) is 43.5 Å². The summed E-state index contributed by atoms with van der Waals surface area (Å²) in [6.07, 6.45) is 1.40. The number of pyridine rings is 1. The maximum atomic E-state index is 13.3. The number of nitrogens with zero attached hydrogens (tertiary/aromatic N) is 1. The monoisotopic (exact) mass is 506 g/mol. The van der Waals surface area contributed by atoms with Gasteiger partial charge in [0.25, 0.3) is 0 Å². The summed E-state index contributed by atoms with van der Waals surface area (Å²) in [5.74, 6) is 0.574. The topological polar surface area (TPSA) is 95.9 Å². The van der Waals surface area contributed by atoms with Gasteiger partial charge in [-0.1, -0.05) is 11.6 Å². The fraction of sp³-hybridized carbons (Fsp3) is 0.148. The Kier molecular flexibility index (Phi) is 7.26. The molecule has 4 rings (SSSR count). The summed E-state index contributed by atoms with van der Waals surface area (Å²) in [6.45, 7) is -0.176. The van der Waals surface area contributed by atoms with Crippen LogP contribution in [0.5, 0.6) is 17.2 Å². The van der Waals surface area contributed by atoms with Crippen LogP contribution in [0.2, 0.25) is 5.02 Å². The molecule has 0 aliphatic rings. The van der Waals surface area contributed by atoms with Crippen molar-refractivity contribution in [2.24, 2.45) is 0 Å². The largest absolute Gasteiger partial charge is 0.497 e. The smallest absolute Gasteiger partial charge is 0.244 e. The zero-order valence-electron chi connectivity index (χ0n) is 19.8. The highest BCUT2D eigenvalue weighted by molar-refractivity contribution is 6.30. The Morgan fingerprint density at radius 2 is 1.56 bits per heavy atom. The number of nitrogens with one attached hydrogen (secondary N) is 1. The molecule has 0 atom stereocenters. The van der Waals surface area contributed by atoms with Crippen molar-refractivity contribution in [3.8, 4) is 17.2 Å². The van der Waals surface area contributed by atoms with E-state index >= 15 is 0 Å². The molecule has 9 heteroatoms. The third kappa shape index (κ3) is 5.04.